The van der Waals surface area contributed by atoms with Crippen LogP contribution < -0.4 is 5.32 Å². The molecule has 0 saturated carbocycles. The third kappa shape index (κ3) is 8.77. The Morgan fingerprint density at radius 2 is 1.68 bits per heavy atom. The molecular weight excluding hydrogens is 530 g/mol. The van der Waals surface area contributed by atoms with E-state index in [1.165, 1.54) is 17.8 Å². The summed E-state index contributed by atoms with van der Waals surface area (Å²) >= 11 is 13.7. The molecule has 0 aliphatic heterocycles. The molecule has 0 unspecified atom stereocenters. The third-order valence-corrected chi connectivity index (χ3v) is 7.76. The minimum Gasteiger partial charge on any atom is -0.352 e. The molecule has 3 aromatic rings. The SMILES string of the molecule is CC[C@@H](C)NC(=O)[C@H](Cc1ccccc1)N(Cc1ccc(Cl)c(Cl)c1)C(=O)CSCc1ccccc1F. The van der Waals surface area contributed by atoms with E-state index in [2.05, 4.69) is 5.32 Å². The molecule has 0 radical (unpaired) electrons. The van der Waals surface area contributed by atoms with Gasteiger partial charge in [-0.15, -0.1) is 11.8 Å². The van der Waals surface area contributed by atoms with Crippen LogP contribution in [-0.4, -0.2) is 34.6 Å². The molecule has 0 bridgehead atoms. The van der Waals surface area contributed by atoms with Gasteiger partial charge >= 0.3 is 0 Å². The molecule has 196 valence electrons. The van der Waals surface area contributed by atoms with Gasteiger partial charge in [-0.05, 0) is 48.2 Å². The Bertz CT molecular complexity index is 1200. The van der Waals surface area contributed by atoms with Crippen LogP contribution in [0, 0.1) is 5.82 Å². The molecule has 0 aromatic heterocycles. The van der Waals surface area contributed by atoms with Crippen LogP contribution in [0.15, 0.2) is 72.8 Å². The molecule has 0 heterocycles. The minimum absolute atomic E-state index is 0.0388. The predicted molar refractivity (Wildman–Crippen MR) is 151 cm³/mol. The van der Waals surface area contributed by atoms with E-state index in [4.69, 9.17) is 23.2 Å². The van der Waals surface area contributed by atoms with Crippen molar-refractivity contribution in [2.45, 2.75) is 51.1 Å². The van der Waals surface area contributed by atoms with Crippen LogP contribution in [0.3, 0.4) is 0 Å². The second-order valence-electron chi connectivity index (χ2n) is 8.88. The number of nitrogens with zero attached hydrogens (tertiary/aromatic N) is 1. The van der Waals surface area contributed by atoms with Crippen molar-refractivity contribution >= 4 is 46.8 Å². The largest absolute Gasteiger partial charge is 0.352 e. The topological polar surface area (TPSA) is 49.4 Å². The lowest BCUT2D eigenvalue weighted by atomic mass is 10.0. The van der Waals surface area contributed by atoms with E-state index >= 15 is 0 Å². The summed E-state index contributed by atoms with van der Waals surface area (Å²) in [5.74, 6) is -0.290. The van der Waals surface area contributed by atoms with Gasteiger partial charge < -0.3 is 10.2 Å². The van der Waals surface area contributed by atoms with Crippen molar-refractivity contribution in [3.05, 3.63) is 105 Å². The Morgan fingerprint density at radius 1 is 0.973 bits per heavy atom. The first kappa shape index (κ1) is 29.0. The maximum atomic E-state index is 14.1. The first-order chi connectivity index (χ1) is 17.8. The summed E-state index contributed by atoms with van der Waals surface area (Å²) in [4.78, 5) is 28.7. The van der Waals surface area contributed by atoms with Crippen LogP contribution in [-0.2, 0) is 28.3 Å². The van der Waals surface area contributed by atoms with Gasteiger partial charge in [-0.2, -0.15) is 0 Å². The summed E-state index contributed by atoms with van der Waals surface area (Å²) < 4.78 is 14.1. The Labute approximate surface area is 232 Å². The van der Waals surface area contributed by atoms with Gasteiger partial charge in [0.15, 0.2) is 0 Å². The van der Waals surface area contributed by atoms with Gasteiger partial charge in [0.1, 0.15) is 11.9 Å². The van der Waals surface area contributed by atoms with Crippen LogP contribution in [0.4, 0.5) is 4.39 Å². The quantitative estimate of drug-likeness (QED) is 0.261. The monoisotopic (exact) mass is 560 g/mol. The van der Waals surface area contributed by atoms with Crippen LogP contribution in [0.5, 0.6) is 0 Å². The molecule has 8 heteroatoms. The van der Waals surface area contributed by atoms with Crippen LogP contribution in [0.25, 0.3) is 0 Å². The van der Waals surface area contributed by atoms with E-state index in [9.17, 15) is 14.0 Å². The number of hydrogen-bond donors (Lipinski definition) is 1. The van der Waals surface area contributed by atoms with Gasteiger partial charge in [0, 0.05) is 24.8 Å². The van der Waals surface area contributed by atoms with Gasteiger partial charge in [-0.1, -0.05) is 84.7 Å². The Hall–Kier alpha value is -2.54. The lowest BCUT2D eigenvalue weighted by molar-refractivity contribution is -0.139. The summed E-state index contributed by atoms with van der Waals surface area (Å²) in [6.45, 7) is 4.11. The highest BCUT2D eigenvalue weighted by Crippen LogP contribution is 2.25. The van der Waals surface area contributed by atoms with Crippen LogP contribution in [0.2, 0.25) is 10.0 Å². The number of thioether (sulfide) groups is 1. The molecule has 0 spiro atoms. The fraction of sp³-hybridized carbons (Fsp3) is 0.310. The second-order valence-corrected chi connectivity index (χ2v) is 10.7. The van der Waals surface area contributed by atoms with E-state index < -0.39 is 6.04 Å². The maximum Gasteiger partial charge on any atom is 0.243 e. The van der Waals surface area contributed by atoms with Crippen molar-refractivity contribution in [1.82, 2.24) is 10.2 Å². The van der Waals surface area contributed by atoms with E-state index in [1.807, 2.05) is 44.2 Å². The number of amides is 2. The molecule has 4 nitrogen and oxygen atoms in total. The normalized spacial score (nSPS) is 12.6. The number of nitrogens with one attached hydrogen (secondary N) is 1. The standard InChI is InChI=1S/C29H31Cl2FN2O2S/c1-3-20(2)33-29(36)27(16-21-9-5-4-6-10-21)34(17-22-13-14-24(30)25(31)15-22)28(35)19-37-18-23-11-7-8-12-26(23)32/h4-15,20,27H,3,16-19H2,1-2H3,(H,33,36)/t20-,27+/m1/s1. The van der Waals surface area contributed by atoms with E-state index in [1.54, 1.807) is 41.3 Å². The first-order valence-electron chi connectivity index (χ1n) is 12.2. The van der Waals surface area contributed by atoms with E-state index in [0.717, 1.165) is 17.5 Å². The zero-order valence-corrected chi connectivity index (χ0v) is 23.3. The molecule has 0 aliphatic carbocycles. The van der Waals surface area contributed by atoms with E-state index in [0.29, 0.717) is 27.8 Å². The van der Waals surface area contributed by atoms with Gasteiger partial charge in [-0.25, -0.2) is 4.39 Å². The van der Waals surface area contributed by atoms with Crippen molar-refractivity contribution in [3.8, 4) is 0 Å². The van der Waals surface area contributed by atoms with Crippen molar-refractivity contribution in [1.29, 1.82) is 0 Å². The van der Waals surface area contributed by atoms with Gasteiger partial charge in [-0.3, -0.25) is 9.59 Å². The Morgan fingerprint density at radius 3 is 2.35 bits per heavy atom. The highest BCUT2D eigenvalue weighted by Gasteiger charge is 2.31. The number of carbonyl (C=O) groups is 2. The molecular formula is C29H31Cl2FN2O2S. The Kier molecular flexibility index (Phi) is 11.3. The fourth-order valence-corrected chi connectivity index (χ4v) is 4.99. The average Bonchev–Trinajstić information content (AvgIpc) is 2.89. The predicted octanol–water partition coefficient (Wildman–Crippen LogP) is 6.92. The highest BCUT2D eigenvalue weighted by atomic mass is 35.5. The number of carbonyl (C=O) groups excluding carboxylic acids is 2. The fourth-order valence-electron chi connectivity index (χ4n) is 3.78. The number of benzene rings is 3. The number of hydrogen-bond acceptors (Lipinski definition) is 3. The van der Waals surface area contributed by atoms with Crippen LogP contribution >= 0.6 is 35.0 Å². The molecule has 1 N–H and O–H groups in total. The summed E-state index contributed by atoms with van der Waals surface area (Å²) in [7, 11) is 0. The summed E-state index contributed by atoms with van der Waals surface area (Å²) in [5, 5.41) is 3.84. The van der Waals surface area contributed by atoms with Crippen molar-refractivity contribution in [3.63, 3.8) is 0 Å². The van der Waals surface area contributed by atoms with E-state index in [-0.39, 0.29) is 36.0 Å². The second kappa shape index (κ2) is 14.4. The molecule has 0 saturated heterocycles. The number of rotatable bonds is 12. The highest BCUT2D eigenvalue weighted by molar-refractivity contribution is 7.99. The molecule has 0 aliphatic rings. The lowest BCUT2D eigenvalue weighted by Gasteiger charge is -2.32. The zero-order chi connectivity index (χ0) is 26.8. The zero-order valence-electron chi connectivity index (χ0n) is 20.9. The lowest BCUT2D eigenvalue weighted by Crippen LogP contribution is -2.52. The smallest absolute Gasteiger partial charge is 0.243 e. The third-order valence-electron chi connectivity index (χ3n) is 6.05. The summed E-state index contributed by atoms with van der Waals surface area (Å²) in [6, 6.07) is 20.5. The molecule has 37 heavy (non-hydrogen) atoms. The summed E-state index contributed by atoms with van der Waals surface area (Å²) in [6.07, 6.45) is 1.12. The minimum atomic E-state index is -0.743. The van der Waals surface area contributed by atoms with Crippen molar-refractivity contribution in [2.24, 2.45) is 0 Å². The van der Waals surface area contributed by atoms with Crippen molar-refractivity contribution in [2.75, 3.05) is 5.75 Å². The van der Waals surface area contributed by atoms with Crippen molar-refractivity contribution < 1.29 is 14.0 Å². The average molecular weight is 562 g/mol. The number of halogens is 3. The molecule has 0 fully saturated rings. The molecule has 2 atom stereocenters. The van der Waals surface area contributed by atoms with Gasteiger partial charge in [0.05, 0.1) is 15.8 Å². The Balaban J connectivity index is 1.89. The summed E-state index contributed by atoms with van der Waals surface area (Å²) in [5.41, 5.74) is 2.24. The van der Waals surface area contributed by atoms with Crippen LogP contribution in [0.1, 0.15) is 37.0 Å². The first-order valence-corrected chi connectivity index (χ1v) is 14.1. The van der Waals surface area contributed by atoms with Gasteiger partial charge in [0.25, 0.3) is 0 Å². The molecule has 2 amide bonds. The van der Waals surface area contributed by atoms with Gasteiger partial charge in [0.2, 0.25) is 11.8 Å². The molecule has 3 rings (SSSR count). The molecule has 3 aromatic carbocycles. The maximum absolute atomic E-state index is 14.1.